The number of fused-ring (bicyclic) bond motifs is 1. The Balaban J connectivity index is 1.36. The number of amides is 1. The number of piperazine rings is 1. The normalized spacial score (nSPS) is 14.3. The number of rotatable bonds is 3. The van der Waals surface area contributed by atoms with Crippen molar-refractivity contribution in [1.82, 2.24) is 20.0 Å². The summed E-state index contributed by atoms with van der Waals surface area (Å²) in [5.74, 6) is 1.40. The molecule has 2 aromatic carbocycles. The lowest BCUT2D eigenvalue weighted by Gasteiger charge is -2.34. The molecule has 0 N–H and O–H groups in total. The predicted octanol–water partition coefficient (Wildman–Crippen LogP) is 3.25. The van der Waals surface area contributed by atoms with Crippen molar-refractivity contribution in [3.05, 3.63) is 72.6 Å². The van der Waals surface area contributed by atoms with E-state index in [1.165, 1.54) is 0 Å². The molecule has 0 aliphatic carbocycles. The molecule has 0 radical (unpaired) electrons. The van der Waals surface area contributed by atoms with Crippen molar-refractivity contribution in [3.8, 4) is 11.3 Å². The van der Waals surface area contributed by atoms with Crippen LogP contribution >= 0.6 is 0 Å². The van der Waals surface area contributed by atoms with Gasteiger partial charge >= 0.3 is 0 Å². The molecule has 1 saturated heterocycles. The summed E-state index contributed by atoms with van der Waals surface area (Å²) in [5.41, 5.74) is 2.32. The van der Waals surface area contributed by atoms with Crippen LogP contribution in [0.15, 0.2) is 71.5 Å². The van der Waals surface area contributed by atoms with Crippen molar-refractivity contribution >= 4 is 22.8 Å². The van der Waals surface area contributed by atoms with Crippen LogP contribution < -0.4 is 4.90 Å². The van der Waals surface area contributed by atoms with Crippen molar-refractivity contribution in [1.29, 1.82) is 0 Å². The maximum absolute atomic E-state index is 13.1. The Labute approximate surface area is 167 Å². The third-order valence-corrected chi connectivity index (χ3v) is 5.16. The number of benzene rings is 2. The van der Waals surface area contributed by atoms with Crippen LogP contribution in [0.1, 0.15) is 10.4 Å². The summed E-state index contributed by atoms with van der Waals surface area (Å²) < 4.78 is 5.55. The van der Waals surface area contributed by atoms with Gasteiger partial charge in [-0.15, -0.1) is 0 Å². The molecule has 29 heavy (non-hydrogen) atoms. The zero-order valence-corrected chi connectivity index (χ0v) is 15.7. The fraction of sp³-hybridized carbons (Fsp3) is 0.182. The van der Waals surface area contributed by atoms with E-state index in [0.717, 1.165) is 16.5 Å². The molecular weight excluding hydrogens is 366 g/mol. The second kappa shape index (κ2) is 7.35. The lowest BCUT2D eigenvalue weighted by atomic mass is 10.1. The van der Waals surface area contributed by atoms with E-state index < -0.39 is 0 Å². The van der Waals surface area contributed by atoms with Gasteiger partial charge in [-0.3, -0.25) is 4.79 Å². The first-order chi connectivity index (χ1) is 14.3. The molecule has 1 aliphatic rings. The molecule has 7 heteroatoms. The Bertz CT molecular complexity index is 1140. The molecule has 0 spiro atoms. The Morgan fingerprint density at radius 3 is 2.41 bits per heavy atom. The number of nitrogens with zero attached hydrogens (tertiary/aromatic N) is 5. The Hall–Kier alpha value is -3.74. The monoisotopic (exact) mass is 385 g/mol. The first-order valence-electron chi connectivity index (χ1n) is 9.56. The summed E-state index contributed by atoms with van der Waals surface area (Å²) in [6.07, 6.45) is 3.47. The number of hydrogen-bond donors (Lipinski definition) is 0. The van der Waals surface area contributed by atoms with Crippen molar-refractivity contribution in [2.24, 2.45) is 0 Å². The van der Waals surface area contributed by atoms with E-state index in [0.29, 0.717) is 43.5 Å². The van der Waals surface area contributed by atoms with Crippen LogP contribution in [-0.4, -0.2) is 52.1 Å². The summed E-state index contributed by atoms with van der Waals surface area (Å²) in [6, 6.07) is 17.1. The molecule has 0 bridgehead atoms. The van der Waals surface area contributed by atoms with Crippen molar-refractivity contribution in [2.45, 2.75) is 0 Å². The van der Waals surface area contributed by atoms with Crippen LogP contribution in [0.2, 0.25) is 0 Å². The van der Waals surface area contributed by atoms with Gasteiger partial charge in [-0.25, -0.2) is 9.97 Å². The molecule has 0 saturated carbocycles. The van der Waals surface area contributed by atoms with Gasteiger partial charge in [0.2, 0.25) is 5.95 Å². The van der Waals surface area contributed by atoms with E-state index in [1.807, 2.05) is 53.4 Å². The minimum absolute atomic E-state index is 0.0146. The van der Waals surface area contributed by atoms with Crippen LogP contribution in [0.5, 0.6) is 0 Å². The lowest BCUT2D eigenvalue weighted by molar-refractivity contribution is 0.0746. The van der Waals surface area contributed by atoms with Gasteiger partial charge in [-0.1, -0.05) is 35.5 Å². The van der Waals surface area contributed by atoms with Gasteiger partial charge in [0.25, 0.3) is 5.91 Å². The zero-order valence-electron chi connectivity index (χ0n) is 15.7. The SMILES string of the molecule is O=C(c1ccc2noc(-c3ccccc3)c2c1)N1CCN(c2ncccn2)CC1. The molecule has 3 heterocycles. The van der Waals surface area contributed by atoms with Crippen molar-refractivity contribution in [3.63, 3.8) is 0 Å². The minimum Gasteiger partial charge on any atom is -0.355 e. The molecular formula is C22H19N5O2. The van der Waals surface area contributed by atoms with Crippen molar-refractivity contribution in [2.75, 3.05) is 31.1 Å². The molecule has 7 nitrogen and oxygen atoms in total. The highest BCUT2D eigenvalue weighted by atomic mass is 16.5. The van der Waals surface area contributed by atoms with Gasteiger partial charge in [0.15, 0.2) is 5.76 Å². The molecule has 1 aliphatic heterocycles. The molecule has 2 aromatic heterocycles. The molecule has 0 atom stereocenters. The molecule has 1 fully saturated rings. The molecule has 0 unspecified atom stereocenters. The van der Waals surface area contributed by atoms with E-state index in [9.17, 15) is 4.79 Å². The molecule has 4 aromatic rings. The summed E-state index contributed by atoms with van der Waals surface area (Å²) in [4.78, 5) is 25.6. The number of carbonyl (C=O) groups excluding carboxylic acids is 1. The molecule has 144 valence electrons. The zero-order chi connectivity index (χ0) is 19.6. The smallest absolute Gasteiger partial charge is 0.254 e. The van der Waals surface area contributed by atoms with Gasteiger partial charge in [-0.05, 0) is 24.3 Å². The van der Waals surface area contributed by atoms with Gasteiger partial charge in [0.1, 0.15) is 5.52 Å². The average Bonchev–Trinajstić information content (AvgIpc) is 3.23. The van der Waals surface area contributed by atoms with Gasteiger partial charge in [0, 0.05) is 49.7 Å². The number of aromatic nitrogens is 3. The summed E-state index contributed by atoms with van der Waals surface area (Å²) in [7, 11) is 0. The third-order valence-electron chi connectivity index (χ3n) is 5.16. The van der Waals surface area contributed by atoms with Crippen LogP contribution in [-0.2, 0) is 0 Å². The standard InChI is InChI=1S/C22H19N5O2/c28-21(26-11-13-27(14-12-26)22-23-9-4-10-24-22)17-7-8-19-18(15-17)20(29-25-19)16-5-2-1-3-6-16/h1-10,15H,11-14H2. The second-order valence-corrected chi connectivity index (χ2v) is 6.94. The highest BCUT2D eigenvalue weighted by Gasteiger charge is 2.24. The van der Waals surface area contributed by atoms with Gasteiger partial charge < -0.3 is 14.3 Å². The average molecular weight is 385 g/mol. The van der Waals surface area contributed by atoms with Crippen LogP contribution in [0.3, 0.4) is 0 Å². The Morgan fingerprint density at radius 2 is 1.66 bits per heavy atom. The molecule has 1 amide bonds. The first-order valence-corrected chi connectivity index (χ1v) is 9.56. The Morgan fingerprint density at radius 1 is 0.897 bits per heavy atom. The van der Waals surface area contributed by atoms with E-state index in [2.05, 4.69) is 20.0 Å². The quantitative estimate of drug-likeness (QED) is 0.539. The van der Waals surface area contributed by atoms with Crippen LogP contribution in [0, 0.1) is 0 Å². The highest BCUT2D eigenvalue weighted by Crippen LogP contribution is 2.29. The highest BCUT2D eigenvalue weighted by molar-refractivity contribution is 6.01. The number of hydrogen-bond acceptors (Lipinski definition) is 6. The van der Waals surface area contributed by atoms with E-state index >= 15 is 0 Å². The predicted molar refractivity (Wildman–Crippen MR) is 110 cm³/mol. The summed E-state index contributed by atoms with van der Waals surface area (Å²) in [5, 5.41) is 4.98. The van der Waals surface area contributed by atoms with Gasteiger partial charge in [0.05, 0.1) is 5.39 Å². The van der Waals surface area contributed by atoms with E-state index in [4.69, 9.17) is 4.52 Å². The maximum Gasteiger partial charge on any atom is 0.254 e. The van der Waals surface area contributed by atoms with E-state index in [1.54, 1.807) is 18.5 Å². The maximum atomic E-state index is 13.1. The second-order valence-electron chi connectivity index (χ2n) is 6.94. The van der Waals surface area contributed by atoms with E-state index in [-0.39, 0.29) is 5.91 Å². The number of carbonyl (C=O) groups is 1. The molecule has 5 rings (SSSR count). The number of anilines is 1. The Kier molecular flexibility index (Phi) is 4.40. The third kappa shape index (κ3) is 3.31. The summed E-state index contributed by atoms with van der Waals surface area (Å²) in [6.45, 7) is 2.68. The lowest BCUT2D eigenvalue weighted by Crippen LogP contribution is -2.49. The minimum atomic E-state index is 0.0146. The topological polar surface area (TPSA) is 75.4 Å². The first kappa shape index (κ1) is 17.4. The largest absolute Gasteiger partial charge is 0.355 e. The fourth-order valence-corrected chi connectivity index (χ4v) is 3.62. The summed E-state index contributed by atoms with van der Waals surface area (Å²) >= 11 is 0. The van der Waals surface area contributed by atoms with Crippen LogP contribution in [0.25, 0.3) is 22.2 Å². The van der Waals surface area contributed by atoms with Crippen molar-refractivity contribution < 1.29 is 9.32 Å². The van der Waals surface area contributed by atoms with Crippen LogP contribution in [0.4, 0.5) is 5.95 Å². The fourth-order valence-electron chi connectivity index (χ4n) is 3.62. The van der Waals surface area contributed by atoms with Gasteiger partial charge in [-0.2, -0.15) is 0 Å².